The molecule has 3 aromatic rings. The quantitative estimate of drug-likeness (QED) is 0.490. The van der Waals surface area contributed by atoms with E-state index < -0.39 is 0 Å². The summed E-state index contributed by atoms with van der Waals surface area (Å²) in [5.41, 5.74) is 1.12. The van der Waals surface area contributed by atoms with E-state index in [2.05, 4.69) is 31.2 Å². The van der Waals surface area contributed by atoms with E-state index in [1.54, 1.807) is 11.3 Å². The second-order valence-corrected chi connectivity index (χ2v) is 10.3. The Kier molecular flexibility index (Phi) is 5.52. The first-order chi connectivity index (χ1) is 12.2. The van der Waals surface area contributed by atoms with Gasteiger partial charge < -0.3 is 4.90 Å². The fourth-order valence-corrected chi connectivity index (χ4v) is 6.68. The molecule has 4 rings (SSSR count). The van der Waals surface area contributed by atoms with Gasteiger partial charge in [0.1, 0.15) is 6.04 Å². The van der Waals surface area contributed by atoms with Gasteiger partial charge in [-0.1, -0.05) is 42.2 Å². The maximum atomic E-state index is 5.54. The van der Waals surface area contributed by atoms with Gasteiger partial charge >= 0.3 is 0 Å². The largest absolute Gasteiger partial charge is 0.308 e. The van der Waals surface area contributed by atoms with E-state index in [0.29, 0.717) is 6.04 Å². The molecule has 2 atom stereocenters. The minimum absolute atomic E-state index is 0.466. The zero-order valence-electron chi connectivity index (χ0n) is 14.1. The minimum atomic E-state index is 0.466. The molecular formula is C17H21N4S4+. The highest BCUT2D eigenvalue weighted by Crippen LogP contribution is 2.29. The number of hydrogen-bond acceptors (Lipinski definition) is 6. The Labute approximate surface area is 164 Å². The van der Waals surface area contributed by atoms with Crippen molar-refractivity contribution in [1.82, 2.24) is 14.8 Å². The number of fused-ring (bicyclic) bond motifs is 1. The maximum absolute atomic E-state index is 5.54. The van der Waals surface area contributed by atoms with Crippen LogP contribution in [0.4, 0.5) is 0 Å². The normalized spacial score (nSPS) is 20.5. The molecule has 0 bridgehead atoms. The highest BCUT2D eigenvalue weighted by Gasteiger charge is 2.33. The summed E-state index contributed by atoms with van der Waals surface area (Å²) in [6.07, 6.45) is 3.60. The SMILES string of the molecule is CCCSc1nn(C[NH+]2CCC[C@H]2c2nc3ccccc3s2)c(=S)s1. The Balaban J connectivity index is 1.53. The predicted molar refractivity (Wildman–Crippen MR) is 109 cm³/mol. The Morgan fingerprint density at radius 2 is 2.24 bits per heavy atom. The number of quaternary nitrogens is 1. The topological polar surface area (TPSA) is 35.2 Å². The van der Waals surface area contributed by atoms with Crippen LogP contribution in [0.25, 0.3) is 10.2 Å². The van der Waals surface area contributed by atoms with Crippen molar-refractivity contribution in [1.29, 1.82) is 0 Å². The summed E-state index contributed by atoms with van der Waals surface area (Å²) in [7, 11) is 0. The van der Waals surface area contributed by atoms with Gasteiger partial charge in [-0.25, -0.2) is 4.98 Å². The van der Waals surface area contributed by atoms with Gasteiger partial charge in [0.25, 0.3) is 0 Å². The second-order valence-electron chi connectivity index (χ2n) is 6.26. The number of likely N-dealkylation sites (tertiary alicyclic amines) is 1. The van der Waals surface area contributed by atoms with E-state index in [9.17, 15) is 0 Å². The monoisotopic (exact) mass is 409 g/mol. The number of hydrogen-bond donors (Lipinski definition) is 1. The van der Waals surface area contributed by atoms with Crippen molar-refractivity contribution >= 4 is 56.9 Å². The molecule has 1 aromatic carbocycles. The number of aromatic nitrogens is 3. The fraction of sp³-hybridized carbons (Fsp3) is 0.471. The van der Waals surface area contributed by atoms with E-state index in [4.69, 9.17) is 22.3 Å². The van der Waals surface area contributed by atoms with Crippen molar-refractivity contribution in [2.45, 2.75) is 43.2 Å². The number of para-hydroxylation sites is 1. The molecule has 3 heterocycles. The van der Waals surface area contributed by atoms with Crippen LogP contribution in [0.15, 0.2) is 28.6 Å². The molecule has 1 unspecified atom stereocenters. The number of thioether (sulfide) groups is 1. The molecule has 25 heavy (non-hydrogen) atoms. The van der Waals surface area contributed by atoms with Gasteiger partial charge in [0, 0.05) is 18.6 Å². The van der Waals surface area contributed by atoms with Crippen LogP contribution in [-0.2, 0) is 6.67 Å². The zero-order chi connectivity index (χ0) is 17.2. The van der Waals surface area contributed by atoms with Crippen LogP contribution in [0.3, 0.4) is 0 Å². The first-order valence-electron chi connectivity index (χ1n) is 8.65. The Hall–Kier alpha value is -0.800. The molecule has 0 saturated carbocycles. The lowest BCUT2D eigenvalue weighted by Crippen LogP contribution is -3.09. The Morgan fingerprint density at radius 3 is 3.08 bits per heavy atom. The van der Waals surface area contributed by atoms with Crippen molar-refractivity contribution in [2.75, 3.05) is 12.3 Å². The molecule has 1 aliphatic rings. The van der Waals surface area contributed by atoms with Crippen LogP contribution in [0.1, 0.15) is 37.2 Å². The smallest absolute Gasteiger partial charge is 0.185 e. The molecule has 2 aromatic heterocycles. The molecular weight excluding hydrogens is 388 g/mol. The molecule has 0 amide bonds. The molecule has 1 fully saturated rings. The number of rotatable bonds is 6. The first kappa shape index (κ1) is 17.6. The van der Waals surface area contributed by atoms with Gasteiger partial charge in [0.05, 0.1) is 16.8 Å². The molecule has 1 N–H and O–H groups in total. The molecule has 1 saturated heterocycles. The summed E-state index contributed by atoms with van der Waals surface area (Å²) < 4.78 is 5.30. The zero-order valence-corrected chi connectivity index (χ0v) is 17.4. The Bertz CT molecular complexity index is 880. The summed E-state index contributed by atoms with van der Waals surface area (Å²) in [4.78, 5) is 6.43. The second kappa shape index (κ2) is 7.84. The lowest BCUT2D eigenvalue weighted by molar-refractivity contribution is -0.941. The van der Waals surface area contributed by atoms with Crippen LogP contribution < -0.4 is 4.90 Å². The summed E-state index contributed by atoms with van der Waals surface area (Å²) >= 11 is 10.8. The average Bonchev–Trinajstić information content (AvgIpc) is 3.31. The van der Waals surface area contributed by atoms with E-state index in [1.165, 1.54) is 27.4 Å². The number of benzene rings is 1. The van der Waals surface area contributed by atoms with Gasteiger partial charge in [0.15, 0.2) is 20.0 Å². The fourth-order valence-electron chi connectivity index (χ4n) is 3.27. The van der Waals surface area contributed by atoms with Gasteiger partial charge in [0.2, 0.25) is 0 Å². The molecule has 1 aliphatic heterocycles. The minimum Gasteiger partial charge on any atom is -0.308 e. The lowest BCUT2D eigenvalue weighted by atomic mass is 10.2. The molecule has 8 heteroatoms. The summed E-state index contributed by atoms with van der Waals surface area (Å²) in [5, 5.41) is 6.00. The lowest BCUT2D eigenvalue weighted by Gasteiger charge is -2.19. The highest BCUT2D eigenvalue weighted by atomic mass is 32.2. The van der Waals surface area contributed by atoms with Crippen molar-refractivity contribution < 1.29 is 4.90 Å². The highest BCUT2D eigenvalue weighted by molar-refractivity contribution is 8.01. The van der Waals surface area contributed by atoms with Gasteiger partial charge in [-0.3, -0.25) is 0 Å². The van der Waals surface area contributed by atoms with Crippen LogP contribution in [0.2, 0.25) is 0 Å². The standard InChI is InChI=1S/C17H20N4S4/c1-2-10-23-16-19-21(17(22)25-16)11-20-9-5-7-13(20)15-18-12-6-3-4-8-14(12)24-15/h3-4,6,8,13H,2,5,7,9-11H2,1H3/p+1/t13-/m0/s1. The van der Waals surface area contributed by atoms with Crippen LogP contribution in [-0.4, -0.2) is 27.1 Å². The van der Waals surface area contributed by atoms with Gasteiger partial charge in [-0.15, -0.1) is 16.4 Å². The van der Waals surface area contributed by atoms with Crippen molar-refractivity contribution in [3.63, 3.8) is 0 Å². The predicted octanol–water partition coefficient (Wildman–Crippen LogP) is 4.16. The van der Waals surface area contributed by atoms with Gasteiger partial charge in [-0.05, 0) is 30.8 Å². The number of nitrogens with zero attached hydrogens (tertiary/aromatic N) is 3. The van der Waals surface area contributed by atoms with E-state index in [1.807, 2.05) is 27.8 Å². The molecule has 0 radical (unpaired) electrons. The summed E-state index contributed by atoms with van der Waals surface area (Å²) in [6, 6.07) is 8.90. The molecule has 0 spiro atoms. The number of nitrogens with one attached hydrogen (secondary N) is 1. The van der Waals surface area contributed by atoms with E-state index in [0.717, 1.165) is 39.2 Å². The van der Waals surface area contributed by atoms with Crippen molar-refractivity contribution in [3.8, 4) is 0 Å². The first-order valence-corrected chi connectivity index (χ1v) is 11.7. The third-order valence-electron chi connectivity index (χ3n) is 4.46. The third-order valence-corrected chi connectivity index (χ3v) is 8.26. The summed E-state index contributed by atoms with van der Waals surface area (Å²) in [5.74, 6) is 1.10. The van der Waals surface area contributed by atoms with Gasteiger partial charge in [-0.2, -0.15) is 4.68 Å². The van der Waals surface area contributed by atoms with Crippen LogP contribution >= 0.6 is 46.7 Å². The van der Waals surface area contributed by atoms with E-state index >= 15 is 0 Å². The third kappa shape index (κ3) is 3.83. The maximum Gasteiger partial charge on any atom is 0.185 e. The molecule has 132 valence electrons. The molecule has 4 nitrogen and oxygen atoms in total. The van der Waals surface area contributed by atoms with E-state index in [-0.39, 0.29) is 0 Å². The number of thiazole rings is 1. The van der Waals surface area contributed by atoms with Crippen molar-refractivity contribution in [2.24, 2.45) is 0 Å². The van der Waals surface area contributed by atoms with Crippen molar-refractivity contribution in [3.05, 3.63) is 33.2 Å². The Morgan fingerprint density at radius 1 is 1.36 bits per heavy atom. The van der Waals surface area contributed by atoms with Crippen LogP contribution in [0, 0.1) is 3.95 Å². The average molecular weight is 410 g/mol. The molecule has 0 aliphatic carbocycles. The van der Waals surface area contributed by atoms with Crippen LogP contribution in [0.5, 0.6) is 0 Å². The summed E-state index contributed by atoms with van der Waals surface area (Å²) in [6.45, 7) is 4.21.